The number of hydrogen-bond donors (Lipinski definition) is 1. The first kappa shape index (κ1) is 12.1. The number of benzene rings is 1. The van der Waals surface area contributed by atoms with Crippen LogP contribution in [0.1, 0.15) is 19.3 Å². The first-order valence-electron chi connectivity index (χ1n) is 5.34. The second-order valence-electron chi connectivity index (χ2n) is 4.08. The molecule has 1 N–H and O–H groups in total. The molecule has 0 unspecified atom stereocenters. The van der Waals surface area contributed by atoms with Crippen LogP contribution in [0.4, 0.5) is 0 Å². The van der Waals surface area contributed by atoms with Crippen molar-refractivity contribution >= 4 is 26.0 Å². The van der Waals surface area contributed by atoms with Gasteiger partial charge in [0.1, 0.15) is 0 Å². The highest BCUT2D eigenvalue weighted by atomic mass is 79.9. The third kappa shape index (κ3) is 2.64. The molecule has 16 heavy (non-hydrogen) atoms. The third-order valence-electron chi connectivity index (χ3n) is 2.91. The Morgan fingerprint density at radius 1 is 1.31 bits per heavy atom. The molecule has 3 nitrogen and oxygen atoms in total. The molecular formula is C11H14BrNO2S. The van der Waals surface area contributed by atoms with Gasteiger partial charge in [-0.2, -0.15) is 0 Å². The van der Waals surface area contributed by atoms with E-state index in [4.69, 9.17) is 0 Å². The Kier molecular flexibility index (Phi) is 3.66. The van der Waals surface area contributed by atoms with Crippen molar-refractivity contribution in [3.8, 4) is 0 Å². The summed E-state index contributed by atoms with van der Waals surface area (Å²) in [6.45, 7) is 0.559. The molecule has 1 aliphatic carbocycles. The van der Waals surface area contributed by atoms with Gasteiger partial charge in [-0.15, -0.1) is 0 Å². The van der Waals surface area contributed by atoms with Crippen molar-refractivity contribution in [2.24, 2.45) is 5.92 Å². The Morgan fingerprint density at radius 3 is 2.56 bits per heavy atom. The molecular weight excluding hydrogens is 290 g/mol. The summed E-state index contributed by atoms with van der Waals surface area (Å²) in [6, 6.07) is 6.86. The van der Waals surface area contributed by atoms with Gasteiger partial charge < -0.3 is 0 Å². The van der Waals surface area contributed by atoms with E-state index >= 15 is 0 Å². The van der Waals surface area contributed by atoms with Crippen molar-refractivity contribution in [1.82, 2.24) is 4.72 Å². The fourth-order valence-electron chi connectivity index (χ4n) is 1.66. The summed E-state index contributed by atoms with van der Waals surface area (Å²) >= 11 is 3.25. The molecule has 0 radical (unpaired) electrons. The maximum Gasteiger partial charge on any atom is 0.241 e. The van der Waals surface area contributed by atoms with Crippen LogP contribution in [-0.4, -0.2) is 15.0 Å². The van der Waals surface area contributed by atoms with Gasteiger partial charge in [0.05, 0.1) is 4.90 Å². The van der Waals surface area contributed by atoms with E-state index in [1.165, 1.54) is 6.42 Å². The first-order chi connectivity index (χ1) is 7.59. The molecule has 5 heteroatoms. The Balaban J connectivity index is 2.09. The minimum atomic E-state index is -3.36. The maximum absolute atomic E-state index is 12.0. The Hall–Kier alpha value is -0.390. The van der Waals surface area contributed by atoms with Gasteiger partial charge in [0.15, 0.2) is 0 Å². The van der Waals surface area contributed by atoms with Gasteiger partial charge in [0, 0.05) is 11.0 Å². The van der Waals surface area contributed by atoms with Gasteiger partial charge in [0.25, 0.3) is 0 Å². The molecule has 0 heterocycles. The highest BCUT2D eigenvalue weighted by molar-refractivity contribution is 9.10. The summed E-state index contributed by atoms with van der Waals surface area (Å²) in [7, 11) is -3.36. The first-order valence-corrected chi connectivity index (χ1v) is 7.61. The quantitative estimate of drug-likeness (QED) is 0.929. The summed E-state index contributed by atoms with van der Waals surface area (Å²) in [4.78, 5) is 0.314. The molecule has 1 aromatic carbocycles. The molecule has 0 aromatic heterocycles. The van der Waals surface area contributed by atoms with E-state index in [2.05, 4.69) is 20.7 Å². The van der Waals surface area contributed by atoms with Crippen LogP contribution in [0.2, 0.25) is 0 Å². The zero-order chi connectivity index (χ0) is 11.6. The van der Waals surface area contributed by atoms with Crippen molar-refractivity contribution < 1.29 is 8.42 Å². The zero-order valence-electron chi connectivity index (χ0n) is 8.82. The number of hydrogen-bond acceptors (Lipinski definition) is 2. The van der Waals surface area contributed by atoms with Gasteiger partial charge in [-0.25, -0.2) is 13.1 Å². The van der Waals surface area contributed by atoms with E-state index < -0.39 is 10.0 Å². The Morgan fingerprint density at radius 2 is 2.00 bits per heavy atom. The van der Waals surface area contributed by atoms with Gasteiger partial charge >= 0.3 is 0 Å². The fraction of sp³-hybridized carbons (Fsp3) is 0.455. The van der Waals surface area contributed by atoms with Gasteiger partial charge in [-0.1, -0.05) is 18.6 Å². The van der Waals surface area contributed by atoms with E-state index in [1.54, 1.807) is 24.3 Å². The molecule has 1 fully saturated rings. The average molecular weight is 304 g/mol. The average Bonchev–Trinajstić information content (AvgIpc) is 2.15. The smallest absolute Gasteiger partial charge is 0.211 e. The molecule has 0 bridgehead atoms. The van der Waals surface area contributed by atoms with Crippen LogP contribution in [0.5, 0.6) is 0 Å². The highest BCUT2D eigenvalue weighted by Crippen LogP contribution is 2.26. The van der Waals surface area contributed by atoms with Crippen LogP contribution in [0.15, 0.2) is 33.6 Å². The van der Waals surface area contributed by atoms with Gasteiger partial charge in [-0.3, -0.25) is 0 Å². The summed E-state index contributed by atoms with van der Waals surface area (Å²) in [5.74, 6) is 0.525. The molecule has 2 rings (SSSR count). The van der Waals surface area contributed by atoms with Crippen molar-refractivity contribution in [2.45, 2.75) is 24.2 Å². The molecule has 0 spiro atoms. The minimum absolute atomic E-state index is 0.314. The third-order valence-corrected chi connectivity index (χ3v) is 5.35. The predicted octanol–water partition coefficient (Wildman–Crippen LogP) is 2.53. The molecule has 1 aliphatic rings. The number of sulfonamides is 1. The largest absolute Gasteiger partial charge is 0.241 e. The lowest BCUT2D eigenvalue weighted by Crippen LogP contribution is -2.32. The minimum Gasteiger partial charge on any atom is -0.211 e. The van der Waals surface area contributed by atoms with Crippen LogP contribution in [-0.2, 0) is 10.0 Å². The van der Waals surface area contributed by atoms with E-state index in [-0.39, 0.29) is 0 Å². The van der Waals surface area contributed by atoms with Crippen molar-refractivity contribution in [1.29, 1.82) is 0 Å². The topological polar surface area (TPSA) is 46.2 Å². The Bertz CT molecular complexity index is 469. The van der Waals surface area contributed by atoms with E-state index in [1.807, 2.05) is 0 Å². The lowest BCUT2D eigenvalue weighted by molar-refractivity contribution is 0.316. The molecule has 1 aromatic rings. The van der Waals surface area contributed by atoms with Crippen LogP contribution < -0.4 is 4.72 Å². The maximum atomic E-state index is 12.0. The lowest BCUT2D eigenvalue weighted by Gasteiger charge is -2.25. The Labute approximate surface area is 104 Å². The summed E-state index contributed by atoms with van der Waals surface area (Å²) in [5, 5.41) is 0. The molecule has 0 atom stereocenters. The zero-order valence-corrected chi connectivity index (χ0v) is 11.2. The monoisotopic (exact) mass is 303 g/mol. The van der Waals surface area contributed by atoms with Crippen molar-refractivity contribution in [3.63, 3.8) is 0 Å². The lowest BCUT2D eigenvalue weighted by atomic mass is 9.86. The van der Waals surface area contributed by atoms with Crippen LogP contribution in [0, 0.1) is 5.92 Å². The van der Waals surface area contributed by atoms with Crippen LogP contribution in [0.3, 0.4) is 0 Å². The molecule has 1 saturated carbocycles. The van der Waals surface area contributed by atoms with Crippen molar-refractivity contribution in [2.75, 3.05) is 6.54 Å². The molecule has 0 aliphatic heterocycles. The second kappa shape index (κ2) is 4.85. The van der Waals surface area contributed by atoms with E-state index in [0.717, 1.165) is 12.8 Å². The van der Waals surface area contributed by atoms with E-state index in [9.17, 15) is 8.42 Å². The van der Waals surface area contributed by atoms with Crippen molar-refractivity contribution in [3.05, 3.63) is 28.7 Å². The molecule has 88 valence electrons. The van der Waals surface area contributed by atoms with Gasteiger partial charge in [0.2, 0.25) is 10.0 Å². The normalized spacial score (nSPS) is 17.1. The highest BCUT2D eigenvalue weighted by Gasteiger charge is 2.22. The van der Waals surface area contributed by atoms with Gasteiger partial charge in [-0.05, 0) is 46.8 Å². The van der Waals surface area contributed by atoms with Crippen LogP contribution >= 0.6 is 15.9 Å². The second-order valence-corrected chi connectivity index (χ2v) is 6.67. The number of nitrogens with one attached hydrogen (secondary N) is 1. The molecule has 0 amide bonds. The summed E-state index contributed by atoms with van der Waals surface area (Å²) < 4.78 is 27.2. The standard InChI is InChI=1S/C11H14BrNO2S/c12-10-6-1-2-7-11(10)16(14,15)13-8-9-4-3-5-9/h1-2,6-7,9,13H,3-5,8H2. The van der Waals surface area contributed by atoms with Crippen LogP contribution in [0.25, 0.3) is 0 Å². The number of rotatable bonds is 4. The van der Waals surface area contributed by atoms with E-state index in [0.29, 0.717) is 21.8 Å². The number of halogens is 1. The fourth-order valence-corrected chi connectivity index (χ4v) is 3.78. The summed E-state index contributed by atoms with van der Waals surface area (Å²) in [5.41, 5.74) is 0. The summed E-state index contributed by atoms with van der Waals surface area (Å²) in [6.07, 6.45) is 3.50. The molecule has 0 saturated heterocycles. The predicted molar refractivity (Wildman–Crippen MR) is 66.7 cm³/mol. The SMILES string of the molecule is O=S(=O)(NCC1CCC1)c1ccccc1Br.